The summed E-state index contributed by atoms with van der Waals surface area (Å²) >= 11 is 1.58. The van der Waals surface area contributed by atoms with Gasteiger partial charge in [0.15, 0.2) is 0 Å². The average molecular weight is 127 g/mol. The highest BCUT2D eigenvalue weighted by atomic mass is 35.5. The molecule has 0 radical (unpaired) electrons. The predicted molar refractivity (Wildman–Crippen MR) is 29.8 cm³/mol. The Morgan fingerprint density at radius 3 is 1.50 bits per heavy atom. The van der Waals surface area contributed by atoms with Crippen molar-refractivity contribution in [3.8, 4) is 0 Å². The van der Waals surface area contributed by atoms with E-state index in [1.54, 1.807) is 11.8 Å². The molecule has 0 atom stereocenters. The molecular weight excluding hydrogens is 116 g/mol. The molecule has 0 aliphatic carbocycles. The van der Waals surface area contributed by atoms with Gasteiger partial charge in [0, 0.05) is 0 Å². The van der Waals surface area contributed by atoms with Gasteiger partial charge in [0.2, 0.25) is 0 Å². The summed E-state index contributed by atoms with van der Waals surface area (Å²) in [6.45, 7) is 4.40. The molecule has 0 rings (SSSR count). The van der Waals surface area contributed by atoms with Crippen LogP contribution in [0.1, 0.15) is 13.8 Å². The van der Waals surface area contributed by atoms with Crippen molar-refractivity contribution in [2.24, 2.45) is 0 Å². The third kappa shape index (κ3) is 8.82. The molecule has 0 aromatic rings. The summed E-state index contributed by atoms with van der Waals surface area (Å²) in [5.74, 6) is 2.63. The second-order valence-electron chi connectivity index (χ2n) is 0.856. The zero-order valence-corrected chi connectivity index (χ0v) is 5.89. The summed E-state index contributed by atoms with van der Waals surface area (Å²) in [4.78, 5) is 0. The third-order valence-corrected chi connectivity index (χ3v) is 1.34. The molecule has 40 valence electrons. The first kappa shape index (κ1) is 9.81. The number of hydrogen-bond acceptors (Lipinski definition) is 0. The SMILES string of the molecule is CC[SH+]CC.[Cl-]. The van der Waals surface area contributed by atoms with Crippen LogP contribution in [0.4, 0.5) is 0 Å². The fourth-order valence-electron chi connectivity index (χ4n) is 0.224. The Hall–Kier alpha value is 0.640. The summed E-state index contributed by atoms with van der Waals surface area (Å²) in [6, 6.07) is 0. The summed E-state index contributed by atoms with van der Waals surface area (Å²) in [7, 11) is 0. The summed E-state index contributed by atoms with van der Waals surface area (Å²) in [5, 5.41) is 0. The number of thiol groups is 1. The van der Waals surface area contributed by atoms with Gasteiger partial charge in [-0.15, -0.1) is 0 Å². The quantitative estimate of drug-likeness (QED) is 0.292. The number of halogens is 1. The highest BCUT2D eigenvalue weighted by molar-refractivity contribution is 7.78. The van der Waals surface area contributed by atoms with E-state index < -0.39 is 0 Å². The molecular formula is C4H11ClS. The van der Waals surface area contributed by atoms with Gasteiger partial charge in [0.25, 0.3) is 0 Å². The van der Waals surface area contributed by atoms with Crippen molar-refractivity contribution < 1.29 is 12.4 Å². The van der Waals surface area contributed by atoms with Gasteiger partial charge in [-0.1, -0.05) is 0 Å². The Balaban J connectivity index is 0. The summed E-state index contributed by atoms with van der Waals surface area (Å²) < 4.78 is 0. The van der Waals surface area contributed by atoms with Crippen LogP contribution in [-0.2, 0) is 11.8 Å². The van der Waals surface area contributed by atoms with Crippen LogP contribution in [0, 0.1) is 0 Å². The summed E-state index contributed by atoms with van der Waals surface area (Å²) in [5.41, 5.74) is 0. The Kier molecular flexibility index (Phi) is 15.0. The minimum absolute atomic E-state index is 0. The van der Waals surface area contributed by atoms with Gasteiger partial charge in [0.05, 0.1) is 0 Å². The Bertz CT molecular complexity index is 15.0. The van der Waals surface area contributed by atoms with Gasteiger partial charge in [-0.05, 0) is 25.6 Å². The highest BCUT2D eigenvalue weighted by Crippen LogP contribution is 1.66. The Morgan fingerprint density at radius 1 is 1.17 bits per heavy atom. The van der Waals surface area contributed by atoms with E-state index in [0.717, 1.165) is 0 Å². The van der Waals surface area contributed by atoms with Crippen LogP contribution < -0.4 is 12.4 Å². The molecule has 6 heavy (non-hydrogen) atoms. The van der Waals surface area contributed by atoms with E-state index in [1.165, 1.54) is 11.5 Å². The normalized spacial score (nSPS) is 7.00. The van der Waals surface area contributed by atoms with Gasteiger partial charge in [0.1, 0.15) is 11.5 Å². The van der Waals surface area contributed by atoms with E-state index >= 15 is 0 Å². The predicted octanol–water partition coefficient (Wildman–Crippen LogP) is -2.15. The van der Waals surface area contributed by atoms with Crippen LogP contribution in [-0.4, -0.2) is 11.5 Å². The van der Waals surface area contributed by atoms with Crippen molar-refractivity contribution in [1.82, 2.24) is 0 Å². The lowest BCUT2D eigenvalue weighted by atomic mass is 11.0. The van der Waals surface area contributed by atoms with Gasteiger partial charge >= 0.3 is 0 Å². The maximum Gasteiger partial charge on any atom is 0.103 e. The smallest absolute Gasteiger partial charge is 0.103 e. The summed E-state index contributed by atoms with van der Waals surface area (Å²) in [6.07, 6.45) is 0. The van der Waals surface area contributed by atoms with E-state index in [0.29, 0.717) is 0 Å². The second-order valence-corrected chi connectivity index (χ2v) is 2.57. The molecule has 0 unspecified atom stereocenters. The van der Waals surface area contributed by atoms with E-state index in [2.05, 4.69) is 13.8 Å². The number of rotatable bonds is 2. The highest BCUT2D eigenvalue weighted by Gasteiger charge is 1.77. The molecule has 0 spiro atoms. The first-order chi connectivity index (χ1) is 2.41. The monoisotopic (exact) mass is 126 g/mol. The van der Waals surface area contributed by atoms with Crippen LogP contribution in [0.25, 0.3) is 0 Å². The molecule has 0 saturated heterocycles. The zero-order valence-electron chi connectivity index (χ0n) is 4.24. The van der Waals surface area contributed by atoms with Crippen LogP contribution in [0.5, 0.6) is 0 Å². The average Bonchev–Trinajstić information content (AvgIpc) is 1.41. The van der Waals surface area contributed by atoms with Crippen LogP contribution >= 0.6 is 0 Å². The van der Waals surface area contributed by atoms with Crippen molar-refractivity contribution >= 4 is 11.8 Å². The molecule has 0 N–H and O–H groups in total. The van der Waals surface area contributed by atoms with Crippen LogP contribution in [0.3, 0.4) is 0 Å². The van der Waals surface area contributed by atoms with E-state index in [4.69, 9.17) is 0 Å². The molecule has 0 fully saturated rings. The maximum atomic E-state index is 2.20. The minimum Gasteiger partial charge on any atom is -1.00 e. The van der Waals surface area contributed by atoms with Crippen molar-refractivity contribution in [3.63, 3.8) is 0 Å². The molecule has 0 saturated carbocycles. The molecule has 0 aliphatic rings. The zero-order chi connectivity index (χ0) is 4.12. The molecule has 0 bridgehead atoms. The molecule has 0 aromatic heterocycles. The van der Waals surface area contributed by atoms with Crippen molar-refractivity contribution in [1.29, 1.82) is 0 Å². The lowest BCUT2D eigenvalue weighted by Gasteiger charge is -1.69. The molecule has 0 aliphatic heterocycles. The molecule has 0 nitrogen and oxygen atoms in total. The molecule has 0 heterocycles. The molecule has 2 heteroatoms. The van der Waals surface area contributed by atoms with Gasteiger partial charge in [-0.25, -0.2) is 0 Å². The fourth-order valence-corrected chi connectivity index (χ4v) is 0.671. The minimum atomic E-state index is 0. The third-order valence-electron chi connectivity index (χ3n) is 0.447. The van der Waals surface area contributed by atoms with Gasteiger partial charge < -0.3 is 12.4 Å². The van der Waals surface area contributed by atoms with Crippen LogP contribution in [0.15, 0.2) is 0 Å². The largest absolute Gasteiger partial charge is 1.00 e. The fraction of sp³-hybridized carbons (Fsp3) is 1.00. The van der Waals surface area contributed by atoms with Crippen molar-refractivity contribution in [3.05, 3.63) is 0 Å². The topological polar surface area (TPSA) is 0 Å². The maximum absolute atomic E-state index is 2.20. The van der Waals surface area contributed by atoms with Crippen molar-refractivity contribution in [2.75, 3.05) is 11.5 Å². The second kappa shape index (κ2) is 9.16. The van der Waals surface area contributed by atoms with Gasteiger partial charge in [-0.2, -0.15) is 0 Å². The van der Waals surface area contributed by atoms with Gasteiger partial charge in [-0.3, -0.25) is 0 Å². The Morgan fingerprint density at radius 2 is 1.50 bits per heavy atom. The first-order valence-electron chi connectivity index (χ1n) is 2.05. The van der Waals surface area contributed by atoms with E-state index in [-0.39, 0.29) is 12.4 Å². The molecule has 0 aromatic carbocycles. The molecule has 0 amide bonds. The number of hydrogen-bond donors (Lipinski definition) is 0. The van der Waals surface area contributed by atoms with E-state index in [1.807, 2.05) is 0 Å². The standard InChI is InChI=1S/C4H10S.ClH/c1-3-5-4-2;/h3-4H2,1-2H3;1H. The first-order valence-corrected chi connectivity index (χ1v) is 3.31. The Labute approximate surface area is 50.1 Å². The van der Waals surface area contributed by atoms with Crippen LogP contribution in [0.2, 0.25) is 0 Å². The van der Waals surface area contributed by atoms with Crippen molar-refractivity contribution in [2.45, 2.75) is 13.8 Å². The van der Waals surface area contributed by atoms with E-state index in [9.17, 15) is 0 Å². The lowest BCUT2D eigenvalue weighted by molar-refractivity contribution is -0.00000114. The lowest BCUT2D eigenvalue weighted by Crippen LogP contribution is -3.00.